The number of anilines is 1. The minimum atomic E-state index is -0.229. The van der Waals surface area contributed by atoms with Gasteiger partial charge in [-0.25, -0.2) is 0 Å². The third-order valence-electron chi connectivity index (χ3n) is 3.77. The molecule has 0 aliphatic heterocycles. The van der Waals surface area contributed by atoms with Crippen LogP contribution in [0, 0.1) is 0 Å². The molecule has 0 radical (unpaired) electrons. The molecule has 0 spiro atoms. The van der Waals surface area contributed by atoms with Crippen LogP contribution in [0.3, 0.4) is 0 Å². The summed E-state index contributed by atoms with van der Waals surface area (Å²) in [5.74, 6) is -0.282. The molecule has 2 rings (SSSR count). The van der Waals surface area contributed by atoms with E-state index in [9.17, 15) is 14.7 Å². The fourth-order valence-corrected chi connectivity index (χ4v) is 3.12. The zero-order chi connectivity index (χ0) is 17.5. The topological polar surface area (TPSA) is 69.6 Å². The highest BCUT2D eigenvalue weighted by molar-refractivity contribution is 7.07. The van der Waals surface area contributed by atoms with E-state index in [1.807, 2.05) is 23.8 Å². The van der Waals surface area contributed by atoms with Crippen LogP contribution in [0.15, 0.2) is 41.1 Å². The van der Waals surface area contributed by atoms with E-state index in [0.29, 0.717) is 24.2 Å². The molecule has 0 unspecified atom stereocenters. The molecule has 2 N–H and O–H groups in total. The van der Waals surface area contributed by atoms with Crippen LogP contribution >= 0.6 is 11.3 Å². The molecule has 1 aromatic heterocycles. The first-order valence-corrected chi connectivity index (χ1v) is 8.80. The van der Waals surface area contributed by atoms with Crippen LogP contribution in [0.5, 0.6) is 0 Å². The minimum Gasteiger partial charge on any atom is -0.394 e. The van der Waals surface area contributed by atoms with Gasteiger partial charge in [0.15, 0.2) is 0 Å². The molecule has 0 saturated carbocycles. The average Bonchev–Trinajstić information content (AvgIpc) is 3.07. The van der Waals surface area contributed by atoms with E-state index in [2.05, 4.69) is 5.32 Å². The van der Waals surface area contributed by atoms with Gasteiger partial charge in [-0.3, -0.25) is 9.59 Å². The molecule has 24 heavy (non-hydrogen) atoms. The van der Waals surface area contributed by atoms with Crippen molar-refractivity contribution in [2.75, 3.05) is 11.9 Å². The predicted octanol–water partition coefficient (Wildman–Crippen LogP) is 3.12. The lowest BCUT2D eigenvalue weighted by Gasteiger charge is -2.30. The van der Waals surface area contributed by atoms with E-state index in [1.54, 1.807) is 40.5 Å². The normalized spacial score (nSPS) is 11.8. The fraction of sp³-hybridized carbons (Fsp3) is 0.333. The number of rotatable bonds is 7. The Morgan fingerprint density at radius 2 is 1.96 bits per heavy atom. The van der Waals surface area contributed by atoms with Gasteiger partial charge >= 0.3 is 0 Å². The van der Waals surface area contributed by atoms with Gasteiger partial charge in [-0.15, -0.1) is 0 Å². The Bertz CT molecular complexity index is 664. The lowest BCUT2D eigenvalue weighted by molar-refractivity contribution is -0.114. The lowest BCUT2D eigenvalue weighted by Crippen LogP contribution is -2.41. The maximum Gasteiger partial charge on any atom is 0.254 e. The summed E-state index contributed by atoms with van der Waals surface area (Å²) in [5.41, 5.74) is 2.24. The zero-order valence-electron chi connectivity index (χ0n) is 13.9. The summed E-state index contributed by atoms with van der Waals surface area (Å²) in [5, 5.41) is 16.3. The number of aliphatic hydroxyl groups is 1. The fourth-order valence-electron chi connectivity index (χ4n) is 2.46. The van der Waals surface area contributed by atoms with Gasteiger partial charge in [0.1, 0.15) is 0 Å². The third kappa shape index (κ3) is 4.66. The summed E-state index contributed by atoms with van der Waals surface area (Å²) in [7, 11) is 0. The molecule has 2 amide bonds. The van der Waals surface area contributed by atoms with Crippen LogP contribution in [0.2, 0.25) is 0 Å². The second kappa shape index (κ2) is 8.61. The largest absolute Gasteiger partial charge is 0.394 e. The Morgan fingerprint density at radius 3 is 2.46 bits per heavy atom. The van der Waals surface area contributed by atoms with Gasteiger partial charge in [0.05, 0.1) is 12.6 Å². The van der Waals surface area contributed by atoms with E-state index in [0.717, 1.165) is 5.56 Å². The number of carbonyl (C=O) groups excluding carboxylic acids is 2. The van der Waals surface area contributed by atoms with Gasteiger partial charge in [0.2, 0.25) is 5.91 Å². The monoisotopic (exact) mass is 346 g/mol. The summed E-state index contributed by atoms with van der Waals surface area (Å²) < 4.78 is 0. The van der Waals surface area contributed by atoms with E-state index in [1.165, 1.54) is 6.92 Å². The first-order valence-electron chi connectivity index (χ1n) is 7.85. The molecule has 6 heteroatoms. The molecule has 1 heterocycles. The molecular weight excluding hydrogens is 324 g/mol. The van der Waals surface area contributed by atoms with Crippen molar-refractivity contribution >= 4 is 28.8 Å². The van der Waals surface area contributed by atoms with E-state index in [4.69, 9.17) is 0 Å². The van der Waals surface area contributed by atoms with Gasteiger partial charge in [0, 0.05) is 24.7 Å². The Balaban J connectivity index is 2.21. The van der Waals surface area contributed by atoms with E-state index >= 15 is 0 Å². The maximum atomic E-state index is 12.9. The van der Waals surface area contributed by atoms with Crippen molar-refractivity contribution in [1.29, 1.82) is 0 Å². The molecule has 1 atom stereocenters. The van der Waals surface area contributed by atoms with Crippen LogP contribution in [-0.4, -0.2) is 34.5 Å². The minimum absolute atomic E-state index is 0.0731. The van der Waals surface area contributed by atoms with Crippen LogP contribution in [0.1, 0.15) is 36.2 Å². The summed E-state index contributed by atoms with van der Waals surface area (Å²) in [6.45, 7) is 3.79. The number of aliphatic hydroxyl groups excluding tert-OH is 1. The number of benzene rings is 1. The van der Waals surface area contributed by atoms with Gasteiger partial charge in [0.25, 0.3) is 5.91 Å². The van der Waals surface area contributed by atoms with Gasteiger partial charge in [-0.1, -0.05) is 6.92 Å². The Hall–Kier alpha value is -2.18. The zero-order valence-corrected chi connectivity index (χ0v) is 14.7. The van der Waals surface area contributed by atoms with Crippen LogP contribution in [-0.2, 0) is 11.3 Å². The number of nitrogens with one attached hydrogen (secondary N) is 1. The molecule has 0 bridgehead atoms. The number of nitrogens with zero attached hydrogens (tertiary/aromatic N) is 1. The first kappa shape index (κ1) is 18.2. The van der Waals surface area contributed by atoms with Crippen molar-refractivity contribution < 1.29 is 14.7 Å². The molecule has 2 aromatic rings. The summed E-state index contributed by atoms with van der Waals surface area (Å²) >= 11 is 1.58. The van der Waals surface area contributed by atoms with Crippen molar-refractivity contribution in [1.82, 2.24) is 4.90 Å². The lowest BCUT2D eigenvalue weighted by atomic mass is 10.1. The molecule has 0 fully saturated rings. The second-order valence-corrected chi connectivity index (χ2v) is 6.35. The number of amides is 2. The first-order chi connectivity index (χ1) is 11.5. The summed E-state index contributed by atoms with van der Waals surface area (Å²) in [6.07, 6.45) is 0.677. The van der Waals surface area contributed by atoms with E-state index < -0.39 is 0 Å². The summed E-state index contributed by atoms with van der Waals surface area (Å²) in [6, 6.07) is 8.55. The Kier molecular flexibility index (Phi) is 6.52. The molecule has 0 saturated heterocycles. The highest BCUT2D eigenvalue weighted by Crippen LogP contribution is 2.18. The SMILES string of the molecule is CC[C@@H](CO)N(Cc1ccsc1)C(=O)c1ccc(NC(C)=O)cc1. The number of thiophene rings is 1. The Labute approximate surface area is 145 Å². The van der Waals surface area contributed by atoms with Crippen molar-refractivity contribution in [2.24, 2.45) is 0 Å². The molecule has 0 aliphatic carbocycles. The van der Waals surface area contributed by atoms with Crippen molar-refractivity contribution in [3.63, 3.8) is 0 Å². The number of carbonyl (C=O) groups is 2. The molecular formula is C18H22N2O3S. The van der Waals surface area contributed by atoms with Crippen molar-refractivity contribution in [3.8, 4) is 0 Å². The van der Waals surface area contributed by atoms with Crippen LogP contribution < -0.4 is 5.32 Å². The van der Waals surface area contributed by atoms with Gasteiger partial charge in [-0.05, 0) is 53.1 Å². The van der Waals surface area contributed by atoms with Crippen molar-refractivity contribution in [2.45, 2.75) is 32.9 Å². The summed E-state index contributed by atoms with van der Waals surface area (Å²) in [4.78, 5) is 25.7. The molecule has 0 aliphatic rings. The third-order valence-corrected chi connectivity index (χ3v) is 4.50. The van der Waals surface area contributed by atoms with Gasteiger partial charge in [-0.2, -0.15) is 11.3 Å². The molecule has 5 nitrogen and oxygen atoms in total. The number of hydrogen-bond acceptors (Lipinski definition) is 4. The Morgan fingerprint density at radius 1 is 1.25 bits per heavy atom. The second-order valence-electron chi connectivity index (χ2n) is 5.57. The predicted molar refractivity (Wildman–Crippen MR) is 96.1 cm³/mol. The maximum absolute atomic E-state index is 12.9. The van der Waals surface area contributed by atoms with E-state index in [-0.39, 0.29) is 24.5 Å². The van der Waals surface area contributed by atoms with Crippen LogP contribution in [0.25, 0.3) is 0 Å². The number of hydrogen-bond donors (Lipinski definition) is 2. The molecule has 128 valence electrons. The average molecular weight is 346 g/mol. The quantitative estimate of drug-likeness (QED) is 0.809. The van der Waals surface area contributed by atoms with Crippen LogP contribution in [0.4, 0.5) is 5.69 Å². The van der Waals surface area contributed by atoms with Gasteiger partial charge < -0.3 is 15.3 Å². The highest BCUT2D eigenvalue weighted by Gasteiger charge is 2.23. The molecule has 1 aromatic carbocycles. The highest BCUT2D eigenvalue weighted by atomic mass is 32.1. The van der Waals surface area contributed by atoms with Crippen molar-refractivity contribution in [3.05, 3.63) is 52.2 Å². The standard InChI is InChI=1S/C18H22N2O3S/c1-3-17(11-21)20(10-14-8-9-24-12-14)18(23)15-4-6-16(7-5-15)19-13(2)22/h4-9,12,17,21H,3,10-11H2,1-2H3,(H,19,22)/t17-/m0/s1. The smallest absolute Gasteiger partial charge is 0.254 e.